The van der Waals surface area contributed by atoms with E-state index >= 15 is 0 Å². The van der Waals surface area contributed by atoms with E-state index in [1.165, 1.54) is 4.90 Å². The molecule has 2 aliphatic rings. The number of anilines is 1. The molecule has 3 aromatic rings. The molecule has 1 saturated heterocycles. The van der Waals surface area contributed by atoms with Crippen molar-refractivity contribution in [1.82, 2.24) is 9.80 Å². The third-order valence-electron chi connectivity index (χ3n) is 7.02. The van der Waals surface area contributed by atoms with Gasteiger partial charge in [-0.3, -0.25) is 19.3 Å². The summed E-state index contributed by atoms with van der Waals surface area (Å²) in [5, 5.41) is 1.95. The van der Waals surface area contributed by atoms with Crippen LogP contribution in [0.15, 0.2) is 66.0 Å². The lowest BCUT2D eigenvalue weighted by Crippen LogP contribution is -2.44. The number of hydrogen-bond acceptors (Lipinski definition) is 5. The minimum Gasteiger partial charge on any atom is -0.370 e. The maximum atomic E-state index is 13.5. The molecule has 2 atom stereocenters. The molecule has 1 fully saturated rings. The van der Waals surface area contributed by atoms with Crippen LogP contribution >= 0.6 is 11.3 Å². The van der Waals surface area contributed by atoms with Gasteiger partial charge >= 0.3 is 0 Å². The highest BCUT2D eigenvalue weighted by atomic mass is 32.1. The lowest BCUT2D eigenvalue weighted by molar-refractivity contribution is -0.135. The van der Waals surface area contributed by atoms with Crippen molar-refractivity contribution < 1.29 is 14.4 Å². The van der Waals surface area contributed by atoms with Gasteiger partial charge in [0.1, 0.15) is 0 Å². The maximum Gasteiger partial charge on any atom is 0.264 e. The van der Waals surface area contributed by atoms with Gasteiger partial charge < -0.3 is 9.80 Å². The van der Waals surface area contributed by atoms with Crippen LogP contribution < -0.4 is 4.90 Å². The van der Waals surface area contributed by atoms with E-state index in [1.807, 2.05) is 73.9 Å². The molecule has 2 aliphatic heterocycles. The van der Waals surface area contributed by atoms with E-state index in [9.17, 15) is 14.4 Å². The number of benzene rings is 2. The smallest absolute Gasteiger partial charge is 0.264 e. The van der Waals surface area contributed by atoms with E-state index in [4.69, 9.17) is 0 Å². The van der Waals surface area contributed by atoms with Crippen molar-refractivity contribution in [2.24, 2.45) is 5.92 Å². The quantitative estimate of drug-likeness (QED) is 0.460. The van der Waals surface area contributed by atoms with Crippen LogP contribution in [0, 0.1) is 5.92 Å². The molecule has 1 aromatic heterocycles. The Morgan fingerprint density at radius 2 is 1.86 bits per heavy atom. The number of nitrogens with zero attached hydrogens (tertiary/aromatic N) is 3. The number of thiophene rings is 1. The summed E-state index contributed by atoms with van der Waals surface area (Å²) in [6, 6.07) is 19.0. The van der Waals surface area contributed by atoms with Crippen molar-refractivity contribution in [3.63, 3.8) is 0 Å². The van der Waals surface area contributed by atoms with Gasteiger partial charge in [-0.1, -0.05) is 42.5 Å². The lowest BCUT2D eigenvalue weighted by atomic mass is 9.94. The van der Waals surface area contributed by atoms with Gasteiger partial charge in [0, 0.05) is 31.6 Å². The van der Waals surface area contributed by atoms with Crippen LogP contribution in [0.1, 0.15) is 57.0 Å². The molecule has 0 aliphatic carbocycles. The molecule has 0 spiro atoms. The van der Waals surface area contributed by atoms with Gasteiger partial charge in [0.25, 0.3) is 11.8 Å². The van der Waals surface area contributed by atoms with Crippen LogP contribution in [0.4, 0.5) is 5.69 Å². The fourth-order valence-electron chi connectivity index (χ4n) is 5.20. The zero-order chi connectivity index (χ0) is 24.5. The monoisotopic (exact) mass is 487 g/mol. The third-order valence-corrected chi connectivity index (χ3v) is 8.06. The average Bonchev–Trinajstić information content (AvgIpc) is 3.51. The minimum absolute atomic E-state index is 0.112. The predicted molar refractivity (Wildman–Crippen MR) is 138 cm³/mol. The number of fused-ring (bicyclic) bond motifs is 1. The summed E-state index contributed by atoms with van der Waals surface area (Å²) >= 11 is 1.54. The fourth-order valence-corrected chi connectivity index (χ4v) is 5.98. The molecule has 0 radical (unpaired) electrons. The fraction of sp³-hybridized carbons (Fsp3) is 0.321. The number of rotatable bonds is 6. The van der Waals surface area contributed by atoms with Crippen molar-refractivity contribution in [3.8, 4) is 0 Å². The summed E-state index contributed by atoms with van der Waals surface area (Å²) < 4.78 is 0. The molecule has 3 heterocycles. The minimum atomic E-state index is -0.322. The molecule has 0 unspecified atom stereocenters. The topological polar surface area (TPSA) is 60.9 Å². The number of piperidine rings is 1. The zero-order valence-electron chi connectivity index (χ0n) is 20.0. The summed E-state index contributed by atoms with van der Waals surface area (Å²) in [5.41, 5.74) is 2.77. The Hall–Kier alpha value is -3.45. The van der Waals surface area contributed by atoms with E-state index in [2.05, 4.69) is 4.90 Å². The first-order chi connectivity index (χ1) is 17.0. The van der Waals surface area contributed by atoms with Gasteiger partial charge in [-0.25, -0.2) is 0 Å². The summed E-state index contributed by atoms with van der Waals surface area (Å²) in [5.74, 6) is -0.542. The van der Waals surface area contributed by atoms with Gasteiger partial charge in [0.2, 0.25) is 5.91 Å². The molecule has 0 saturated carbocycles. The Morgan fingerprint density at radius 1 is 1.06 bits per heavy atom. The molecular formula is C28H29N3O3S. The number of imide groups is 1. The highest BCUT2D eigenvalue weighted by Gasteiger charge is 2.42. The van der Waals surface area contributed by atoms with Crippen LogP contribution in [0.5, 0.6) is 0 Å². The Bertz CT molecular complexity index is 1240. The zero-order valence-corrected chi connectivity index (χ0v) is 20.8. The number of hydrogen-bond donors (Lipinski definition) is 0. The first-order valence-electron chi connectivity index (χ1n) is 12.0. The van der Waals surface area contributed by atoms with Crippen molar-refractivity contribution in [3.05, 3.63) is 87.6 Å². The van der Waals surface area contributed by atoms with Gasteiger partial charge in [0.15, 0.2) is 0 Å². The highest BCUT2D eigenvalue weighted by Crippen LogP contribution is 2.38. The van der Waals surface area contributed by atoms with E-state index in [-0.39, 0.29) is 29.7 Å². The van der Waals surface area contributed by atoms with Crippen LogP contribution in [0.25, 0.3) is 0 Å². The molecule has 3 amide bonds. The average molecular weight is 488 g/mol. The number of carbonyl (C=O) groups excluding carboxylic acids is 3. The molecule has 5 rings (SSSR count). The second kappa shape index (κ2) is 9.66. The Morgan fingerprint density at radius 3 is 2.60 bits per heavy atom. The molecule has 0 bridgehead atoms. The molecule has 35 heavy (non-hydrogen) atoms. The van der Waals surface area contributed by atoms with Gasteiger partial charge in [0.05, 0.1) is 28.8 Å². The SMILES string of the molecule is C[C@H](c1cccs1)N1C(=O)c2cccc(N3CCC[C@H](C(=O)N(C)Cc4ccccc4)C3)c2C1=O. The summed E-state index contributed by atoms with van der Waals surface area (Å²) in [6.45, 7) is 3.76. The number of carbonyl (C=O) groups is 3. The molecule has 6 nitrogen and oxygen atoms in total. The summed E-state index contributed by atoms with van der Waals surface area (Å²) in [6.07, 6.45) is 1.68. The Balaban J connectivity index is 1.36. The van der Waals surface area contributed by atoms with Crippen LogP contribution in [0.3, 0.4) is 0 Å². The van der Waals surface area contributed by atoms with Gasteiger partial charge in [-0.2, -0.15) is 0 Å². The Labute approximate surface area is 209 Å². The molecule has 2 aromatic carbocycles. The normalized spacial score (nSPS) is 18.5. The largest absolute Gasteiger partial charge is 0.370 e. The van der Waals surface area contributed by atoms with Crippen LogP contribution in [0.2, 0.25) is 0 Å². The van der Waals surface area contributed by atoms with E-state index in [1.54, 1.807) is 22.3 Å². The van der Waals surface area contributed by atoms with Crippen LogP contribution in [-0.2, 0) is 11.3 Å². The van der Waals surface area contributed by atoms with Crippen molar-refractivity contribution in [1.29, 1.82) is 0 Å². The molecule has 180 valence electrons. The van der Waals surface area contributed by atoms with Crippen molar-refractivity contribution >= 4 is 34.7 Å². The maximum absolute atomic E-state index is 13.5. The van der Waals surface area contributed by atoms with Crippen molar-refractivity contribution in [2.45, 2.75) is 32.4 Å². The van der Waals surface area contributed by atoms with Gasteiger partial charge in [-0.15, -0.1) is 11.3 Å². The van der Waals surface area contributed by atoms with Crippen LogP contribution in [-0.4, -0.2) is 47.7 Å². The summed E-state index contributed by atoms with van der Waals surface area (Å²) in [4.78, 5) is 46.3. The number of amides is 3. The Kier molecular flexibility index (Phi) is 6.43. The van der Waals surface area contributed by atoms with Gasteiger partial charge in [-0.05, 0) is 48.9 Å². The second-order valence-corrected chi connectivity index (χ2v) is 10.3. The third kappa shape index (κ3) is 4.36. The highest BCUT2D eigenvalue weighted by molar-refractivity contribution is 7.10. The summed E-state index contributed by atoms with van der Waals surface area (Å²) in [7, 11) is 1.85. The second-order valence-electron chi connectivity index (χ2n) is 9.34. The first-order valence-corrected chi connectivity index (χ1v) is 12.9. The molecule has 0 N–H and O–H groups in total. The molecule has 7 heteroatoms. The molecular weight excluding hydrogens is 458 g/mol. The van der Waals surface area contributed by atoms with E-state index in [0.29, 0.717) is 24.2 Å². The predicted octanol–water partition coefficient (Wildman–Crippen LogP) is 4.98. The van der Waals surface area contributed by atoms with E-state index < -0.39 is 0 Å². The van der Waals surface area contributed by atoms with E-state index in [0.717, 1.165) is 35.5 Å². The lowest BCUT2D eigenvalue weighted by Gasteiger charge is -2.36. The first kappa shape index (κ1) is 23.3. The standard InChI is InChI=1S/C28H29N3O3S/c1-19(24-14-8-16-35-24)31-27(33)22-12-6-13-23(25(22)28(31)34)30-15-7-11-21(18-30)26(32)29(2)17-20-9-4-3-5-10-20/h3-6,8-10,12-14,16,19,21H,7,11,15,17-18H2,1-2H3/t19-,21+/m1/s1. The van der Waals surface area contributed by atoms with Crippen molar-refractivity contribution in [2.75, 3.05) is 25.0 Å².